The fraction of sp³-hybridized carbons (Fsp3) is 0.0769. The predicted molar refractivity (Wildman–Crippen MR) is 63.5 cm³/mol. The number of benzene rings is 2. The van der Waals surface area contributed by atoms with E-state index < -0.39 is 5.82 Å². The fourth-order valence-electron chi connectivity index (χ4n) is 1.37. The first-order valence-electron chi connectivity index (χ1n) is 4.96. The van der Waals surface area contributed by atoms with Crippen molar-refractivity contribution in [3.8, 4) is 5.75 Å². The Labute approximate surface area is 102 Å². The molecular weight excluding hydrogens is 242 g/mol. The van der Waals surface area contributed by atoms with E-state index in [0.29, 0.717) is 0 Å². The molecule has 0 aliphatic heterocycles. The van der Waals surface area contributed by atoms with Gasteiger partial charge in [0.25, 0.3) is 0 Å². The van der Waals surface area contributed by atoms with Gasteiger partial charge in [-0.1, -0.05) is 17.8 Å². The van der Waals surface area contributed by atoms with E-state index >= 15 is 0 Å². The number of methoxy groups -OCH3 is 1. The fourth-order valence-corrected chi connectivity index (χ4v) is 2.26. The molecule has 1 nitrogen and oxygen atoms in total. The van der Waals surface area contributed by atoms with Crippen molar-refractivity contribution in [3.63, 3.8) is 0 Å². The van der Waals surface area contributed by atoms with Crippen LogP contribution in [0.15, 0.2) is 52.3 Å². The summed E-state index contributed by atoms with van der Waals surface area (Å²) in [7, 11) is 1.41. The highest BCUT2D eigenvalue weighted by atomic mass is 32.2. The van der Waals surface area contributed by atoms with Crippen LogP contribution in [0.4, 0.5) is 8.78 Å². The monoisotopic (exact) mass is 252 g/mol. The van der Waals surface area contributed by atoms with E-state index in [-0.39, 0.29) is 11.6 Å². The lowest BCUT2D eigenvalue weighted by atomic mass is 10.3. The van der Waals surface area contributed by atoms with E-state index in [1.54, 1.807) is 24.3 Å². The van der Waals surface area contributed by atoms with E-state index in [4.69, 9.17) is 4.74 Å². The van der Waals surface area contributed by atoms with E-state index in [0.717, 1.165) is 9.79 Å². The van der Waals surface area contributed by atoms with E-state index in [1.165, 1.54) is 37.1 Å². The van der Waals surface area contributed by atoms with Crippen LogP contribution in [-0.2, 0) is 0 Å². The molecule has 0 unspecified atom stereocenters. The topological polar surface area (TPSA) is 9.23 Å². The van der Waals surface area contributed by atoms with Crippen LogP contribution in [-0.4, -0.2) is 7.11 Å². The quantitative estimate of drug-likeness (QED) is 0.812. The zero-order valence-electron chi connectivity index (χ0n) is 9.11. The van der Waals surface area contributed by atoms with Gasteiger partial charge in [0.15, 0.2) is 11.6 Å². The Hall–Kier alpha value is -1.55. The average molecular weight is 252 g/mol. The summed E-state index contributed by atoms with van der Waals surface area (Å²) in [6.07, 6.45) is 0. The molecule has 0 saturated carbocycles. The summed E-state index contributed by atoms with van der Waals surface area (Å²) in [4.78, 5) is 1.56. The molecular formula is C13H10F2OS. The van der Waals surface area contributed by atoms with Crippen molar-refractivity contribution < 1.29 is 13.5 Å². The molecule has 0 heterocycles. The molecule has 0 aliphatic carbocycles. The second-order valence-electron chi connectivity index (χ2n) is 3.36. The zero-order chi connectivity index (χ0) is 12.3. The van der Waals surface area contributed by atoms with Gasteiger partial charge in [-0.15, -0.1) is 0 Å². The molecule has 0 bridgehead atoms. The molecule has 0 spiro atoms. The summed E-state index contributed by atoms with van der Waals surface area (Å²) >= 11 is 1.35. The van der Waals surface area contributed by atoms with Crippen molar-refractivity contribution in [1.82, 2.24) is 0 Å². The van der Waals surface area contributed by atoms with Crippen LogP contribution in [0.25, 0.3) is 0 Å². The maximum atomic E-state index is 13.2. The van der Waals surface area contributed by atoms with Crippen LogP contribution in [0.2, 0.25) is 0 Å². The van der Waals surface area contributed by atoms with Gasteiger partial charge in [0.2, 0.25) is 0 Å². The van der Waals surface area contributed by atoms with Crippen molar-refractivity contribution in [3.05, 3.63) is 54.1 Å². The highest BCUT2D eigenvalue weighted by Crippen LogP contribution is 2.31. The molecule has 0 saturated heterocycles. The van der Waals surface area contributed by atoms with Crippen molar-refractivity contribution >= 4 is 11.8 Å². The lowest BCUT2D eigenvalue weighted by Gasteiger charge is -2.05. The van der Waals surface area contributed by atoms with Crippen LogP contribution >= 0.6 is 11.8 Å². The smallest absolute Gasteiger partial charge is 0.165 e. The van der Waals surface area contributed by atoms with Gasteiger partial charge in [-0.05, 0) is 36.4 Å². The molecule has 0 N–H and O–H groups in total. The zero-order valence-corrected chi connectivity index (χ0v) is 9.93. The van der Waals surface area contributed by atoms with Gasteiger partial charge in [0, 0.05) is 9.79 Å². The normalized spacial score (nSPS) is 10.3. The van der Waals surface area contributed by atoms with Gasteiger partial charge >= 0.3 is 0 Å². The molecule has 2 aromatic rings. The van der Waals surface area contributed by atoms with Gasteiger partial charge in [0.1, 0.15) is 5.82 Å². The van der Waals surface area contributed by atoms with Gasteiger partial charge in [-0.3, -0.25) is 0 Å². The van der Waals surface area contributed by atoms with Crippen LogP contribution in [0, 0.1) is 11.6 Å². The standard InChI is InChI=1S/C13H10F2OS/c1-16-13-8-11(5-6-12(13)15)17-10-4-2-3-9(14)7-10/h2-8H,1H3. The summed E-state index contributed by atoms with van der Waals surface area (Å²) in [6.45, 7) is 0. The Balaban J connectivity index is 2.24. The average Bonchev–Trinajstić information content (AvgIpc) is 2.32. The first-order valence-corrected chi connectivity index (χ1v) is 5.77. The molecule has 0 atom stereocenters. The van der Waals surface area contributed by atoms with Crippen molar-refractivity contribution in [2.75, 3.05) is 7.11 Å². The van der Waals surface area contributed by atoms with Gasteiger partial charge in [0.05, 0.1) is 7.11 Å². The lowest BCUT2D eigenvalue weighted by Crippen LogP contribution is -1.87. The molecule has 0 aliphatic rings. The predicted octanol–water partition coefficient (Wildman–Crippen LogP) is 4.12. The third kappa shape index (κ3) is 2.97. The Morgan fingerprint density at radius 1 is 1.00 bits per heavy atom. The first-order chi connectivity index (χ1) is 8.19. The SMILES string of the molecule is COc1cc(Sc2cccc(F)c2)ccc1F. The largest absolute Gasteiger partial charge is 0.494 e. The third-order valence-electron chi connectivity index (χ3n) is 2.15. The molecule has 0 radical (unpaired) electrons. The van der Waals surface area contributed by atoms with Crippen molar-refractivity contribution in [1.29, 1.82) is 0 Å². The highest BCUT2D eigenvalue weighted by Gasteiger charge is 2.05. The number of hydrogen-bond acceptors (Lipinski definition) is 2. The molecule has 0 aromatic heterocycles. The third-order valence-corrected chi connectivity index (χ3v) is 3.13. The molecule has 2 aromatic carbocycles. The van der Waals surface area contributed by atoms with Gasteiger partial charge < -0.3 is 4.74 Å². The van der Waals surface area contributed by atoms with Crippen molar-refractivity contribution in [2.45, 2.75) is 9.79 Å². The minimum Gasteiger partial charge on any atom is -0.494 e. The van der Waals surface area contributed by atoms with Crippen LogP contribution in [0.1, 0.15) is 0 Å². The minimum absolute atomic E-state index is 0.186. The Kier molecular flexibility index (Phi) is 3.64. The van der Waals surface area contributed by atoms with Crippen LogP contribution < -0.4 is 4.74 Å². The van der Waals surface area contributed by atoms with E-state index in [9.17, 15) is 8.78 Å². The first kappa shape index (κ1) is 11.9. The molecule has 17 heavy (non-hydrogen) atoms. The Morgan fingerprint density at radius 2 is 1.76 bits per heavy atom. The molecule has 0 fully saturated rings. The second-order valence-corrected chi connectivity index (χ2v) is 4.50. The summed E-state index contributed by atoms with van der Waals surface area (Å²) in [5.74, 6) is -0.508. The van der Waals surface area contributed by atoms with Crippen LogP contribution in [0.5, 0.6) is 5.75 Å². The summed E-state index contributed by atoms with van der Waals surface area (Å²) in [5, 5.41) is 0. The molecule has 0 amide bonds. The minimum atomic E-state index is -0.406. The maximum absolute atomic E-state index is 13.2. The highest BCUT2D eigenvalue weighted by molar-refractivity contribution is 7.99. The summed E-state index contributed by atoms with van der Waals surface area (Å²) in [5.41, 5.74) is 0. The number of hydrogen-bond donors (Lipinski definition) is 0. The van der Waals surface area contributed by atoms with Crippen LogP contribution in [0.3, 0.4) is 0 Å². The Morgan fingerprint density at radius 3 is 2.47 bits per heavy atom. The lowest BCUT2D eigenvalue weighted by molar-refractivity contribution is 0.385. The van der Waals surface area contributed by atoms with E-state index in [1.807, 2.05) is 0 Å². The van der Waals surface area contributed by atoms with Crippen molar-refractivity contribution in [2.24, 2.45) is 0 Å². The number of ether oxygens (including phenoxy) is 1. The molecule has 2 rings (SSSR count). The number of rotatable bonds is 3. The summed E-state index contributed by atoms with van der Waals surface area (Å²) in [6, 6.07) is 10.8. The van der Waals surface area contributed by atoms with Gasteiger partial charge in [-0.25, -0.2) is 8.78 Å². The molecule has 4 heteroatoms. The molecule has 88 valence electrons. The summed E-state index contributed by atoms with van der Waals surface area (Å²) < 4.78 is 31.0. The van der Waals surface area contributed by atoms with E-state index in [2.05, 4.69) is 0 Å². The van der Waals surface area contributed by atoms with Gasteiger partial charge in [-0.2, -0.15) is 0 Å². The number of halogens is 2. The maximum Gasteiger partial charge on any atom is 0.165 e. The second kappa shape index (κ2) is 5.19. The Bertz CT molecular complexity index is 529.